The second-order valence-corrected chi connectivity index (χ2v) is 30.7. The third-order valence-electron chi connectivity index (χ3n) is 16.9. The van der Waals surface area contributed by atoms with E-state index in [1.54, 1.807) is 0 Å². The molecule has 19 heteroatoms. The zero-order chi connectivity index (χ0) is 68.0. The van der Waals surface area contributed by atoms with Crippen molar-refractivity contribution >= 4 is 39.5 Å². The first kappa shape index (κ1) is 90.1. The molecule has 92 heavy (non-hydrogen) atoms. The molecule has 0 aromatic carbocycles. The third kappa shape index (κ3) is 66.7. The minimum Gasteiger partial charge on any atom is -0.462 e. The summed E-state index contributed by atoms with van der Waals surface area (Å²) in [7, 11) is -9.90. The molecule has 0 fully saturated rings. The molecule has 0 saturated heterocycles. The van der Waals surface area contributed by atoms with Gasteiger partial charge >= 0.3 is 39.5 Å². The number of phosphoric acid groups is 2. The van der Waals surface area contributed by atoms with Crippen molar-refractivity contribution in [3.63, 3.8) is 0 Å². The normalized spacial score (nSPS) is 14.1. The van der Waals surface area contributed by atoms with Gasteiger partial charge in [0.05, 0.1) is 26.4 Å². The van der Waals surface area contributed by atoms with Crippen molar-refractivity contribution in [2.45, 2.75) is 388 Å². The van der Waals surface area contributed by atoms with Crippen LogP contribution in [0.5, 0.6) is 0 Å². The Morgan fingerprint density at radius 1 is 0.293 bits per heavy atom. The molecule has 0 radical (unpaired) electrons. The molecule has 5 atom stereocenters. The highest BCUT2D eigenvalue weighted by atomic mass is 31.2. The summed E-state index contributed by atoms with van der Waals surface area (Å²) in [6.45, 7) is 11.8. The van der Waals surface area contributed by atoms with Crippen LogP contribution >= 0.6 is 15.6 Å². The van der Waals surface area contributed by atoms with Crippen molar-refractivity contribution in [3.8, 4) is 0 Å². The van der Waals surface area contributed by atoms with E-state index < -0.39 is 97.5 Å². The van der Waals surface area contributed by atoms with Crippen LogP contribution < -0.4 is 0 Å². The molecule has 0 bridgehead atoms. The summed E-state index contributed by atoms with van der Waals surface area (Å²) in [6, 6.07) is 0. The average Bonchev–Trinajstić information content (AvgIpc) is 3.69. The summed E-state index contributed by atoms with van der Waals surface area (Å²) in [5.74, 6) is 0.214. The number of unbranched alkanes of at least 4 members (excludes halogenated alkanes) is 39. The Balaban J connectivity index is 5.16. The number of hydrogen-bond donors (Lipinski definition) is 3. The Morgan fingerprint density at radius 2 is 0.500 bits per heavy atom. The van der Waals surface area contributed by atoms with Crippen LogP contribution in [-0.4, -0.2) is 96.7 Å². The van der Waals surface area contributed by atoms with Gasteiger partial charge in [0.15, 0.2) is 12.2 Å². The fourth-order valence-electron chi connectivity index (χ4n) is 11.1. The van der Waals surface area contributed by atoms with Crippen LogP contribution in [0.2, 0.25) is 0 Å². The van der Waals surface area contributed by atoms with E-state index in [1.807, 2.05) is 0 Å². The number of hydrogen-bond acceptors (Lipinski definition) is 15. The lowest BCUT2D eigenvalue weighted by Gasteiger charge is -2.21. The number of ether oxygens (including phenoxy) is 4. The van der Waals surface area contributed by atoms with Gasteiger partial charge in [0, 0.05) is 25.7 Å². The third-order valence-corrected chi connectivity index (χ3v) is 18.8. The average molecular weight is 1350 g/mol. The molecule has 0 heterocycles. The van der Waals surface area contributed by atoms with E-state index in [-0.39, 0.29) is 25.7 Å². The smallest absolute Gasteiger partial charge is 0.462 e. The minimum atomic E-state index is -4.95. The van der Waals surface area contributed by atoms with Crippen LogP contribution in [0.3, 0.4) is 0 Å². The van der Waals surface area contributed by atoms with Gasteiger partial charge in [0.25, 0.3) is 0 Å². The van der Waals surface area contributed by atoms with Crippen LogP contribution in [0.4, 0.5) is 0 Å². The quantitative estimate of drug-likeness (QED) is 0.0222. The SMILES string of the molecule is CCCCCCCC(=O)OC[C@H](COP(=O)(O)OC[C@H](O)COP(=O)(O)OC[C@@H](COC(=O)CCCCCCCCCCCCCCCCC(C)C)OC(=O)CCCCCCCCCCCCCCCCC(C)C)OC(=O)CCCCCCCCCCCCC(C)C. The van der Waals surface area contributed by atoms with Gasteiger partial charge in [0.2, 0.25) is 0 Å². The maximum atomic E-state index is 13.0. The second kappa shape index (κ2) is 63.8. The molecule has 0 saturated carbocycles. The molecule has 0 aliphatic carbocycles. The molecule has 546 valence electrons. The molecule has 0 aliphatic rings. The molecular weight excluding hydrogens is 1210 g/mol. The van der Waals surface area contributed by atoms with Crippen LogP contribution in [0.25, 0.3) is 0 Å². The number of carbonyl (C=O) groups is 4. The van der Waals surface area contributed by atoms with Gasteiger partial charge < -0.3 is 33.8 Å². The number of carbonyl (C=O) groups excluding carboxylic acids is 4. The fraction of sp³-hybridized carbons (Fsp3) is 0.945. The van der Waals surface area contributed by atoms with Gasteiger partial charge in [-0.2, -0.15) is 0 Å². The van der Waals surface area contributed by atoms with Crippen molar-refractivity contribution in [3.05, 3.63) is 0 Å². The molecule has 0 aromatic rings. The van der Waals surface area contributed by atoms with E-state index in [9.17, 15) is 43.2 Å². The van der Waals surface area contributed by atoms with E-state index >= 15 is 0 Å². The summed E-state index contributed by atoms with van der Waals surface area (Å²) >= 11 is 0. The maximum absolute atomic E-state index is 13.0. The number of rotatable bonds is 71. The van der Waals surface area contributed by atoms with Crippen molar-refractivity contribution < 1.29 is 80.2 Å². The molecule has 17 nitrogen and oxygen atoms in total. The van der Waals surface area contributed by atoms with Crippen molar-refractivity contribution in [1.29, 1.82) is 0 Å². The number of esters is 4. The van der Waals surface area contributed by atoms with Gasteiger partial charge in [-0.1, -0.05) is 318 Å². The number of phosphoric ester groups is 2. The molecule has 0 aliphatic heterocycles. The molecule has 0 aromatic heterocycles. The van der Waals surface area contributed by atoms with E-state index in [2.05, 4.69) is 48.5 Å². The Hall–Kier alpha value is -1.94. The highest BCUT2D eigenvalue weighted by Crippen LogP contribution is 2.45. The van der Waals surface area contributed by atoms with Gasteiger partial charge in [-0.25, -0.2) is 9.13 Å². The Morgan fingerprint density at radius 3 is 0.739 bits per heavy atom. The summed E-state index contributed by atoms with van der Waals surface area (Å²) in [6.07, 6.45) is 49.0. The monoisotopic (exact) mass is 1350 g/mol. The fourth-order valence-corrected chi connectivity index (χ4v) is 12.7. The summed E-state index contributed by atoms with van der Waals surface area (Å²) in [5, 5.41) is 10.6. The van der Waals surface area contributed by atoms with Crippen LogP contribution in [0, 0.1) is 17.8 Å². The van der Waals surface area contributed by atoms with Crippen LogP contribution in [-0.2, 0) is 65.4 Å². The topological polar surface area (TPSA) is 237 Å². The van der Waals surface area contributed by atoms with Crippen molar-refractivity contribution in [2.24, 2.45) is 17.8 Å². The van der Waals surface area contributed by atoms with Crippen molar-refractivity contribution in [2.75, 3.05) is 39.6 Å². The molecule has 0 spiro atoms. The molecule has 2 unspecified atom stereocenters. The number of aliphatic hydroxyl groups is 1. The van der Waals surface area contributed by atoms with Gasteiger partial charge in [-0.05, 0) is 43.4 Å². The second-order valence-electron chi connectivity index (χ2n) is 27.8. The van der Waals surface area contributed by atoms with Gasteiger partial charge in [-0.3, -0.25) is 37.3 Å². The first-order valence-electron chi connectivity index (χ1n) is 37.8. The number of aliphatic hydroxyl groups excluding tert-OH is 1. The zero-order valence-corrected chi connectivity index (χ0v) is 61.8. The Bertz CT molecular complexity index is 1800. The van der Waals surface area contributed by atoms with E-state index in [0.29, 0.717) is 25.7 Å². The predicted molar refractivity (Wildman–Crippen MR) is 372 cm³/mol. The van der Waals surface area contributed by atoms with E-state index in [1.165, 1.54) is 173 Å². The van der Waals surface area contributed by atoms with Crippen LogP contribution in [0.1, 0.15) is 370 Å². The standard InChI is InChI=1S/C73H142O17P2/c1-8-9-10-37-47-54-70(75)83-60-68(89-72(77)57-50-43-36-30-24-23-27-33-40-46-53-66(6)7)62-87-91(79,80)85-58-67(74)59-86-92(81,82)88-63-69(90-73(78)56-49-42-35-29-22-18-14-12-16-20-26-32-39-45-52-65(4)5)61-84-71(76)55-48-41-34-28-21-17-13-11-15-19-25-31-38-44-51-64(2)3/h64-69,74H,8-63H2,1-7H3,(H,79,80)(H,81,82)/t67-,68+,69+/m0/s1. The first-order valence-corrected chi connectivity index (χ1v) is 40.8. The largest absolute Gasteiger partial charge is 0.472 e. The lowest BCUT2D eigenvalue weighted by Crippen LogP contribution is -2.30. The summed E-state index contributed by atoms with van der Waals surface area (Å²) in [4.78, 5) is 72.4. The zero-order valence-electron chi connectivity index (χ0n) is 60.0. The Labute approximate surface area is 562 Å². The molecular formula is C73H142O17P2. The first-order chi connectivity index (χ1) is 44.2. The van der Waals surface area contributed by atoms with Gasteiger partial charge in [-0.15, -0.1) is 0 Å². The predicted octanol–water partition coefficient (Wildman–Crippen LogP) is 21.0. The summed E-state index contributed by atoms with van der Waals surface area (Å²) < 4.78 is 68.2. The Kier molecular flexibility index (Phi) is 62.4. The molecule has 0 rings (SSSR count). The lowest BCUT2D eigenvalue weighted by atomic mass is 10.0. The lowest BCUT2D eigenvalue weighted by molar-refractivity contribution is -0.161. The maximum Gasteiger partial charge on any atom is 0.472 e. The van der Waals surface area contributed by atoms with Gasteiger partial charge in [0.1, 0.15) is 19.3 Å². The highest BCUT2D eigenvalue weighted by Gasteiger charge is 2.30. The molecule has 3 N–H and O–H groups in total. The minimum absolute atomic E-state index is 0.105. The molecule has 0 amide bonds. The van der Waals surface area contributed by atoms with Crippen LogP contribution in [0.15, 0.2) is 0 Å². The highest BCUT2D eigenvalue weighted by molar-refractivity contribution is 7.47. The van der Waals surface area contributed by atoms with E-state index in [4.69, 9.17) is 37.0 Å². The van der Waals surface area contributed by atoms with E-state index in [0.717, 1.165) is 114 Å². The van der Waals surface area contributed by atoms with Crippen molar-refractivity contribution in [1.82, 2.24) is 0 Å². The summed E-state index contributed by atoms with van der Waals surface area (Å²) in [5.41, 5.74) is 0.